The number of ether oxygens (including phenoxy) is 1. The van der Waals surface area contributed by atoms with Crippen molar-refractivity contribution in [3.63, 3.8) is 0 Å². The monoisotopic (exact) mass is 181 g/mol. The van der Waals surface area contributed by atoms with Gasteiger partial charge in [0.2, 0.25) is 0 Å². The molecule has 0 aliphatic carbocycles. The van der Waals surface area contributed by atoms with E-state index in [1.807, 2.05) is 0 Å². The predicted molar refractivity (Wildman–Crippen MR) is 46.6 cm³/mol. The maximum Gasteiger partial charge on any atom is 0.332 e. The highest BCUT2D eigenvalue weighted by Gasteiger charge is 1.99. The summed E-state index contributed by atoms with van der Waals surface area (Å²) in [5, 5.41) is 3.86. The summed E-state index contributed by atoms with van der Waals surface area (Å²) >= 11 is 0. The Labute approximate surface area is 76.0 Å². The van der Waals surface area contributed by atoms with Gasteiger partial charge in [0.15, 0.2) is 0 Å². The van der Waals surface area contributed by atoms with Crippen LogP contribution in [0.2, 0.25) is 0 Å². The fourth-order valence-electron chi connectivity index (χ4n) is 0.811. The summed E-state index contributed by atoms with van der Waals surface area (Å²) in [5.41, 5.74) is 0.677. The first-order chi connectivity index (χ1) is 6.24. The van der Waals surface area contributed by atoms with Crippen molar-refractivity contribution in [2.45, 2.75) is 13.8 Å². The largest absolute Gasteiger partial charge is 0.463 e. The minimum Gasteiger partial charge on any atom is -0.463 e. The first kappa shape index (κ1) is 9.44. The van der Waals surface area contributed by atoms with Crippen molar-refractivity contribution in [1.29, 1.82) is 0 Å². The zero-order valence-electron chi connectivity index (χ0n) is 7.60. The van der Waals surface area contributed by atoms with Crippen LogP contribution in [0.15, 0.2) is 18.7 Å². The third kappa shape index (κ3) is 2.70. The van der Waals surface area contributed by atoms with Crippen LogP contribution >= 0.6 is 0 Å². The van der Waals surface area contributed by atoms with Crippen molar-refractivity contribution >= 4 is 11.7 Å². The summed E-state index contributed by atoms with van der Waals surface area (Å²) in [4.78, 5) is 14.7. The molecule has 0 radical (unpaired) electrons. The number of carbonyl (C=O) groups is 1. The summed E-state index contributed by atoms with van der Waals surface area (Å²) in [6.07, 6.45) is 4.30. The minimum atomic E-state index is -0.365. The van der Waals surface area contributed by atoms with E-state index in [0.29, 0.717) is 12.3 Å². The Kier molecular flexibility index (Phi) is 3.19. The number of carbonyl (C=O) groups excluding carboxylic acids is 1. The zero-order valence-corrected chi connectivity index (χ0v) is 7.60. The van der Waals surface area contributed by atoms with Crippen LogP contribution in [0.25, 0.3) is 5.70 Å². The molecule has 0 aliphatic rings. The van der Waals surface area contributed by atoms with Crippen LogP contribution in [0, 0.1) is 0 Å². The van der Waals surface area contributed by atoms with Crippen molar-refractivity contribution < 1.29 is 9.53 Å². The number of esters is 1. The Hall–Kier alpha value is -1.65. The third-order valence-electron chi connectivity index (χ3n) is 1.39. The van der Waals surface area contributed by atoms with Gasteiger partial charge in [0.1, 0.15) is 12.7 Å². The zero-order chi connectivity index (χ0) is 9.68. The fourth-order valence-corrected chi connectivity index (χ4v) is 0.811. The molecule has 0 saturated carbocycles. The highest BCUT2D eigenvalue weighted by molar-refractivity contribution is 5.87. The van der Waals surface area contributed by atoms with Gasteiger partial charge in [-0.25, -0.2) is 14.5 Å². The van der Waals surface area contributed by atoms with E-state index in [1.54, 1.807) is 13.8 Å². The molecule has 5 nitrogen and oxygen atoms in total. The molecule has 5 heteroatoms. The molecule has 0 spiro atoms. The maximum atomic E-state index is 11.0. The number of rotatable bonds is 3. The Morgan fingerprint density at radius 3 is 3.00 bits per heavy atom. The molecule has 0 bridgehead atoms. The van der Waals surface area contributed by atoms with Crippen molar-refractivity contribution in [2.75, 3.05) is 6.61 Å². The second kappa shape index (κ2) is 4.39. The SMILES string of the molecule is CCOC(=O)/C=C(\C)n1cncn1. The minimum absolute atomic E-state index is 0.365. The van der Waals surface area contributed by atoms with E-state index >= 15 is 0 Å². The normalized spacial score (nSPS) is 11.4. The van der Waals surface area contributed by atoms with Crippen molar-refractivity contribution in [2.24, 2.45) is 0 Å². The molecule has 0 N–H and O–H groups in total. The van der Waals surface area contributed by atoms with Crippen LogP contribution in [0.4, 0.5) is 0 Å². The standard InChI is InChI=1S/C8H11N3O2/c1-3-13-8(12)4-7(2)11-6-9-5-10-11/h4-6H,3H2,1-2H3/b7-4+. The van der Waals surface area contributed by atoms with Gasteiger partial charge in [0, 0.05) is 11.8 Å². The second-order valence-corrected chi connectivity index (χ2v) is 2.38. The van der Waals surface area contributed by atoms with Gasteiger partial charge in [0.05, 0.1) is 6.61 Å². The van der Waals surface area contributed by atoms with Gasteiger partial charge in [-0.05, 0) is 13.8 Å². The van der Waals surface area contributed by atoms with Crippen LogP contribution in [-0.4, -0.2) is 27.3 Å². The lowest BCUT2D eigenvalue weighted by Gasteiger charge is -1.99. The van der Waals surface area contributed by atoms with Crippen molar-refractivity contribution in [1.82, 2.24) is 14.8 Å². The van der Waals surface area contributed by atoms with Gasteiger partial charge in [-0.15, -0.1) is 0 Å². The Morgan fingerprint density at radius 2 is 2.46 bits per heavy atom. The van der Waals surface area contributed by atoms with Gasteiger partial charge in [0.25, 0.3) is 0 Å². The number of nitrogens with zero attached hydrogens (tertiary/aromatic N) is 3. The quantitative estimate of drug-likeness (QED) is 0.508. The van der Waals surface area contributed by atoms with E-state index in [1.165, 1.54) is 23.4 Å². The number of aromatic nitrogens is 3. The van der Waals surface area contributed by atoms with E-state index in [9.17, 15) is 4.79 Å². The first-order valence-electron chi connectivity index (χ1n) is 3.94. The second-order valence-electron chi connectivity index (χ2n) is 2.38. The van der Waals surface area contributed by atoms with E-state index in [4.69, 9.17) is 4.74 Å². The predicted octanol–water partition coefficient (Wildman–Crippen LogP) is 0.702. The Bertz CT molecular complexity index is 303. The van der Waals surface area contributed by atoms with E-state index < -0.39 is 0 Å². The molecule has 0 atom stereocenters. The number of allylic oxidation sites excluding steroid dienone is 1. The summed E-state index contributed by atoms with van der Waals surface area (Å²) in [6, 6.07) is 0. The van der Waals surface area contributed by atoms with E-state index in [0.717, 1.165) is 0 Å². The highest BCUT2D eigenvalue weighted by atomic mass is 16.5. The molecule has 70 valence electrons. The average molecular weight is 181 g/mol. The molecular formula is C8H11N3O2. The van der Waals surface area contributed by atoms with Crippen LogP contribution in [0.3, 0.4) is 0 Å². The topological polar surface area (TPSA) is 57.0 Å². The summed E-state index contributed by atoms with van der Waals surface area (Å²) in [5.74, 6) is -0.365. The highest BCUT2D eigenvalue weighted by Crippen LogP contribution is 1.99. The smallest absolute Gasteiger partial charge is 0.332 e. The van der Waals surface area contributed by atoms with Crippen molar-refractivity contribution in [3.8, 4) is 0 Å². The number of hydrogen-bond donors (Lipinski definition) is 0. The molecule has 1 aromatic rings. The molecule has 1 heterocycles. The lowest BCUT2D eigenvalue weighted by molar-refractivity contribution is -0.137. The fraction of sp³-hybridized carbons (Fsp3) is 0.375. The summed E-state index contributed by atoms with van der Waals surface area (Å²) in [7, 11) is 0. The van der Waals surface area contributed by atoms with Crippen LogP contribution in [0.1, 0.15) is 13.8 Å². The summed E-state index contributed by atoms with van der Waals surface area (Å²) < 4.78 is 6.23. The van der Waals surface area contributed by atoms with E-state index in [-0.39, 0.29) is 5.97 Å². The van der Waals surface area contributed by atoms with Crippen molar-refractivity contribution in [3.05, 3.63) is 18.7 Å². The third-order valence-corrected chi connectivity index (χ3v) is 1.39. The lowest BCUT2D eigenvalue weighted by Crippen LogP contribution is -2.03. The number of hydrogen-bond acceptors (Lipinski definition) is 4. The molecule has 13 heavy (non-hydrogen) atoms. The molecule has 0 saturated heterocycles. The summed E-state index contributed by atoms with van der Waals surface area (Å²) in [6.45, 7) is 3.89. The van der Waals surface area contributed by atoms with Gasteiger partial charge in [-0.1, -0.05) is 0 Å². The van der Waals surface area contributed by atoms with Crippen LogP contribution in [-0.2, 0) is 9.53 Å². The molecule has 0 unspecified atom stereocenters. The van der Waals surface area contributed by atoms with Crippen LogP contribution < -0.4 is 0 Å². The first-order valence-corrected chi connectivity index (χ1v) is 3.94. The lowest BCUT2D eigenvalue weighted by atomic mass is 10.4. The van der Waals surface area contributed by atoms with E-state index in [2.05, 4.69) is 10.1 Å². The Balaban J connectivity index is 2.67. The van der Waals surface area contributed by atoms with Gasteiger partial charge in [-0.2, -0.15) is 5.10 Å². The molecule has 0 aliphatic heterocycles. The molecule has 1 rings (SSSR count). The molecular weight excluding hydrogens is 170 g/mol. The Morgan fingerprint density at radius 1 is 1.69 bits per heavy atom. The molecule has 1 aromatic heterocycles. The molecule has 0 aromatic carbocycles. The average Bonchev–Trinajstić information content (AvgIpc) is 2.55. The molecule has 0 fully saturated rings. The van der Waals surface area contributed by atoms with Gasteiger partial charge < -0.3 is 4.74 Å². The van der Waals surface area contributed by atoms with Gasteiger partial charge in [-0.3, -0.25) is 0 Å². The molecule has 0 amide bonds. The van der Waals surface area contributed by atoms with Gasteiger partial charge >= 0.3 is 5.97 Å². The van der Waals surface area contributed by atoms with Crippen LogP contribution in [0.5, 0.6) is 0 Å². The maximum absolute atomic E-state index is 11.0.